The van der Waals surface area contributed by atoms with Gasteiger partial charge in [-0.3, -0.25) is 9.59 Å². The van der Waals surface area contributed by atoms with Gasteiger partial charge in [0.25, 0.3) is 5.91 Å². The minimum Gasteiger partial charge on any atom is -0.481 e. The van der Waals surface area contributed by atoms with Crippen LogP contribution in [0, 0.1) is 5.92 Å². The summed E-state index contributed by atoms with van der Waals surface area (Å²) in [5, 5.41) is 2.80. The molecule has 1 aromatic rings. The van der Waals surface area contributed by atoms with Crippen molar-refractivity contribution in [1.29, 1.82) is 0 Å². The molecule has 0 fully saturated rings. The molecule has 1 atom stereocenters. The molecule has 98 valence electrons. The molecule has 1 N–H and O–H groups in total. The Morgan fingerprint density at radius 3 is 2.39 bits per heavy atom. The molecule has 1 unspecified atom stereocenters. The molecule has 18 heavy (non-hydrogen) atoms. The van der Waals surface area contributed by atoms with E-state index in [1.807, 2.05) is 13.8 Å². The van der Waals surface area contributed by atoms with Crippen molar-refractivity contribution < 1.29 is 14.3 Å². The van der Waals surface area contributed by atoms with Gasteiger partial charge >= 0.3 is 0 Å². The number of benzene rings is 1. The van der Waals surface area contributed by atoms with Crippen LogP contribution in [0.5, 0.6) is 5.75 Å². The Morgan fingerprint density at radius 2 is 1.89 bits per heavy atom. The van der Waals surface area contributed by atoms with Gasteiger partial charge in [0.2, 0.25) is 0 Å². The first-order valence-corrected chi connectivity index (χ1v) is 6.02. The van der Waals surface area contributed by atoms with Crippen LogP contribution in [0.1, 0.15) is 31.1 Å². The Labute approximate surface area is 107 Å². The molecule has 0 spiro atoms. The van der Waals surface area contributed by atoms with Crippen molar-refractivity contribution >= 4 is 12.2 Å². The first-order valence-electron chi connectivity index (χ1n) is 6.02. The molecule has 1 rings (SSSR count). The lowest BCUT2D eigenvalue weighted by molar-refractivity contribution is -0.127. The standard InChI is InChI=1S/C14H19NO3/c1-10(2)8-15-14(17)11(3)18-13-6-4-12(9-16)5-7-13/h4-7,9-11H,8H2,1-3H3,(H,15,17). The highest BCUT2D eigenvalue weighted by Crippen LogP contribution is 2.13. The molecular formula is C14H19NO3. The third kappa shape index (κ3) is 4.57. The highest BCUT2D eigenvalue weighted by molar-refractivity contribution is 5.80. The Morgan fingerprint density at radius 1 is 1.28 bits per heavy atom. The molecule has 0 aliphatic carbocycles. The molecule has 4 nitrogen and oxygen atoms in total. The summed E-state index contributed by atoms with van der Waals surface area (Å²) >= 11 is 0. The number of amides is 1. The van der Waals surface area contributed by atoms with Gasteiger partial charge in [-0.15, -0.1) is 0 Å². The normalized spacial score (nSPS) is 12.0. The molecule has 0 saturated carbocycles. The lowest BCUT2D eigenvalue weighted by atomic mass is 10.2. The second-order valence-electron chi connectivity index (χ2n) is 4.59. The number of rotatable bonds is 6. The monoisotopic (exact) mass is 249 g/mol. The fraction of sp³-hybridized carbons (Fsp3) is 0.429. The predicted octanol–water partition coefficient (Wildman–Crippen LogP) is 2.04. The van der Waals surface area contributed by atoms with E-state index in [4.69, 9.17) is 4.74 Å². The molecule has 1 aromatic carbocycles. The van der Waals surface area contributed by atoms with E-state index in [-0.39, 0.29) is 5.91 Å². The Kier molecular flexibility index (Phi) is 5.36. The van der Waals surface area contributed by atoms with Crippen LogP contribution in [0.2, 0.25) is 0 Å². The Balaban J connectivity index is 2.49. The second kappa shape index (κ2) is 6.79. The summed E-state index contributed by atoms with van der Waals surface area (Å²) in [6, 6.07) is 6.66. The van der Waals surface area contributed by atoms with Gasteiger partial charge in [-0.05, 0) is 37.1 Å². The number of carbonyl (C=O) groups is 2. The number of hydrogen-bond acceptors (Lipinski definition) is 3. The van der Waals surface area contributed by atoms with E-state index in [1.165, 1.54) is 0 Å². The summed E-state index contributed by atoms with van der Waals surface area (Å²) in [5.74, 6) is 0.851. The average molecular weight is 249 g/mol. The maximum atomic E-state index is 11.7. The van der Waals surface area contributed by atoms with Gasteiger partial charge in [-0.25, -0.2) is 0 Å². The Bertz CT molecular complexity index is 398. The first kappa shape index (κ1) is 14.2. The lowest BCUT2D eigenvalue weighted by Crippen LogP contribution is -2.38. The number of nitrogens with one attached hydrogen (secondary N) is 1. The minimum atomic E-state index is -0.550. The first-order chi connectivity index (χ1) is 8.52. The van der Waals surface area contributed by atoms with E-state index in [9.17, 15) is 9.59 Å². The van der Waals surface area contributed by atoms with Crippen molar-refractivity contribution in [2.75, 3.05) is 6.54 Å². The largest absolute Gasteiger partial charge is 0.481 e. The molecule has 0 bridgehead atoms. The molecule has 0 aromatic heterocycles. The van der Waals surface area contributed by atoms with E-state index >= 15 is 0 Å². The summed E-state index contributed by atoms with van der Waals surface area (Å²) in [6.45, 7) is 6.40. The van der Waals surface area contributed by atoms with Gasteiger partial charge in [0.1, 0.15) is 12.0 Å². The maximum Gasteiger partial charge on any atom is 0.260 e. The van der Waals surface area contributed by atoms with Crippen molar-refractivity contribution in [2.24, 2.45) is 5.92 Å². The van der Waals surface area contributed by atoms with E-state index in [0.29, 0.717) is 23.8 Å². The highest BCUT2D eigenvalue weighted by Gasteiger charge is 2.14. The summed E-state index contributed by atoms with van der Waals surface area (Å²) in [6.07, 6.45) is 0.216. The van der Waals surface area contributed by atoms with Gasteiger partial charge in [-0.2, -0.15) is 0 Å². The highest BCUT2D eigenvalue weighted by atomic mass is 16.5. The van der Waals surface area contributed by atoms with E-state index in [2.05, 4.69) is 5.32 Å². The van der Waals surface area contributed by atoms with E-state index in [1.54, 1.807) is 31.2 Å². The lowest BCUT2D eigenvalue weighted by Gasteiger charge is -2.15. The molecule has 0 aliphatic heterocycles. The van der Waals surface area contributed by atoms with Gasteiger partial charge in [-0.1, -0.05) is 13.8 Å². The van der Waals surface area contributed by atoms with Crippen LogP contribution in [0.15, 0.2) is 24.3 Å². The topological polar surface area (TPSA) is 55.4 Å². The fourth-order valence-electron chi connectivity index (χ4n) is 1.33. The van der Waals surface area contributed by atoms with Crippen molar-refractivity contribution in [3.63, 3.8) is 0 Å². The van der Waals surface area contributed by atoms with Crippen LogP contribution in [-0.4, -0.2) is 24.8 Å². The minimum absolute atomic E-state index is 0.136. The molecule has 0 aliphatic rings. The summed E-state index contributed by atoms with van der Waals surface area (Å²) < 4.78 is 5.48. The van der Waals surface area contributed by atoms with Crippen LogP contribution in [0.3, 0.4) is 0 Å². The molecule has 0 saturated heterocycles. The van der Waals surface area contributed by atoms with Crippen LogP contribution in [0.25, 0.3) is 0 Å². The van der Waals surface area contributed by atoms with Crippen molar-refractivity contribution in [1.82, 2.24) is 5.32 Å². The third-order valence-electron chi connectivity index (χ3n) is 2.38. The van der Waals surface area contributed by atoms with Gasteiger partial charge in [0.15, 0.2) is 6.10 Å². The fourth-order valence-corrected chi connectivity index (χ4v) is 1.33. The smallest absolute Gasteiger partial charge is 0.260 e. The summed E-state index contributed by atoms with van der Waals surface area (Å²) in [4.78, 5) is 22.2. The number of carbonyl (C=O) groups excluding carboxylic acids is 2. The van der Waals surface area contributed by atoms with E-state index < -0.39 is 6.10 Å². The molecule has 4 heteroatoms. The summed E-state index contributed by atoms with van der Waals surface area (Å²) in [7, 11) is 0. The zero-order valence-electron chi connectivity index (χ0n) is 11.0. The van der Waals surface area contributed by atoms with Gasteiger partial charge < -0.3 is 10.1 Å². The Hall–Kier alpha value is -1.84. The van der Waals surface area contributed by atoms with Crippen LogP contribution >= 0.6 is 0 Å². The van der Waals surface area contributed by atoms with Crippen LogP contribution < -0.4 is 10.1 Å². The average Bonchev–Trinajstić information content (AvgIpc) is 2.36. The van der Waals surface area contributed by atoms with Crippen molar-refractivity contribution in [3.05, 3.63) is 29.8 Å². The molecule has 0 heterocycles. The van der Waals surface area contributed by atoms with Crippen LogP contribution in [0.4, 0.5) is 0 Å². The molecular weight excluding hydrogens is 230 g/mol. The maximum absolute atomic E-state index is 11.7. The third-order valence-corrected chi connectivity index (χ3v) is 2.38. The number of aldehydes is 1. The molecule has 1 amide bonds. The zero-order valence-corrected chi connectivity index (χ0v) is 11.0. The van der Waals surface area contributed by atoms with E-state index in [0.717, 1.165) is 6.29 Å². The van der Waals surface area contributed by atoms with Gasteiger partial charge in [0.05, 0.1) is 0 Å². The second-order valence-corrected chi connectivity index (χ2v) is 4.59. The van der Waals surface area contributed by atoms with Crippen molar-refractivity contribution in [3.8, 4) is 5.75 Å². The van der Waals surface area contributed by atoms with Crippen molar-refractivity contribution in [2.45, 2.75) is 26.9 Å². The number of ether oxygens (including phenoxy) is 1. The quantitative estimate of drug-likeness (QED) is 0.785. The summed E-state index contributed by atoms with van der Waals surface area (Å²) in [5.41, 5.74) is 0.583. The zero-order chi connectivity index (χ0) is 13.5. The predicted molar refractivity (Wildman–Crippen MR) is 69.8 cm³/mol. The molecule has 0 radical (unpaired) electrons. The number of hydrogen-bond donors (Lipinski definition) is 1. The van der Waals surface area contributed by atoms with Crippen LogP contribution in [-0.2, 0) is 4.79 Å². The van der Waals surface area contributed by atoms with Gasteiger partial charge in [0, 0.05) is 12.1 Å². The SMILES string of the molecule is CC(C)CNC(=O)C(C)Oc1ccc(C=O)cc1.